The normalized spacial score (nSPS) is 16.6. The highest BCUT2D eigenvalue weighted by molar-refractivity contribution is 5.67. The standard InChI is InChI=1S/C25H29N5O2/c31-25(32-17-20-6-2-1-3-7-20)29-12-10-19(11-13-29)14-22-16-30(18-27-22)24-26-15-21-8-4-5-9-23(21)28-24/h1-3,6-7,15-16,18-19H,4-5,8-14,17H2. The maximum absolute atomic E-state index is 12.4. The number of hydrogen-bond acceptors (Lipinski definition) is 5. The van der Waals surface area contributed by atoms with E-state index in [9.17, 15) is 4.79 Å². The number of nitrogens with zero attached hydrogens (tertiary/aromatic N) is 5. The van der Waals surface area contributed by atoms with Crippen molar-refractivity contribution in [1.82, 2.24) is 24.4 Å². The van der Waals surface area contributed by atoms with Gasteiger partial charge in [-0.1, -0.05) is 30.3 Å². The van der Waals surface area contributed by atoms with Crippen LogP contribution in [0, 0.1) is 5.92 Å². The molecule has 1 aromatic carbocycles. The van der Waals surface area contributed by atoms with Crippen molar-refractivity contribution >= 4 is 6.09 Å². The van der Waals surface area contributed by atoms with Crippen molar-refractivity contribution in [3.8, 4) is 5.95 Å². The molecule has 3 heterocycles. The van der Waals surface area contributed by atoms with Crippen LogP contribution in [-0.4, -0.2) is 43.6 Å². The number of piperidine rings is 1. The topological polar surface area (TPSA) is 73.1 Å². The van der Waals surface area contributed by atoms with Crippen LogP contribution in [0.5, 0.6) is 0 Å². The van der Waals surface area contributed by atoms with Crippen LogP contribution < -0.4 is 0 Å². The number of amides is 1. The maximum atomic E-state index is 12.4. The smallest absolute Gasteiger partial charge is 0.410 e. The Labute approximate surface area is 188 Å². The SMILES string of the molecule is O=C(OCc1ccccc1)N1CCC(Cc2cn(-c3ncc4c(n3)CCCC4)cn2)CC1. The van der Waals surface area contributed by atoms with Crippen molar-refractivity contribution in [3.05, 3.63) is 71.6 Å². The molecule has 0 spiro atoms. The molecule has 1 fully saturated rings. The Balaban J connectivity index is 1.12. The highest BCUT2D eigenvalue weighted by atomic mass is 16.6. The van der Waals surface area contributed by atoms with Crippen molar-refractivity contribution in [3.63, 3.8) is 0 Å². The average molecular weight is 432 g/mol. The van der Waals surface area contributed by atoms with Crippen molar-refractivity contribution < 1.29 is 9.53 Å². The first-order valence-corrected chi connectivity index (χ1v) is 11.6. The Morgan fingerprint density at radius 2 is 1.88 bits per heavy atom. The summed E-state index contributed by atoms with van der Waals surface area (Å²) in [6.45, 7) is 1.78. The molecule has 32 heavy (non-hydrogen) atoms. The van der Waals surface area contributed by atoms with E-state index in [0.717, 1.165) is 56.5 Å². The second kappa shape index (κ2) is 9.51. The molecular formula is C25H29N5O2. The number of fused-ring (bicyclic) bond motifs is 1. The van der Waals surface area contributed by atoms with Gasteiger partial charge in [0.1, 0.15) is 12.9 Å². The molecule has 0 N–H and O–H groups in total. The second-order valence-corrected chi connectivity index (χ2v) is 8.80. The summed E-state index contributed by atoms with van der Waals surface area (Å²) in [5.41, 5.74) is 4.53. The van der Waals surface area contributed by atoms with Gasteiger partial charge in [0.25, 0.3) is 0 Å². The third-order valence-electron chi connectivity index (χ3n) is 6.49. The molecule has 2 aliphatic rings. The lowest BCUT2D eigenvalue weighted by Gasteiger charge is -2.31. The van der Waals surface area contributed by atoms with Crippen molar-refractivity contribution in [2.75, 3.05) is 13.1 Å². The molecule has 3 aromatic rings. The minimum Gasteiger partial charge on any atom is -0.445 e. The third-order valence-corrected chi connectivity index (χ3v) is 6.49. The summed E-state index contributed by atoms with van der Waals surface area (Å²) in [6.07, 6.45) is 13.0. The van der Waals surface area contributed by atoms with Gasteiger partial charge in [-0.15, -0.1) is 0 Å². The molecule has 0 saturated carbocycles. The first-order valence-electron chi connectivity index (χ1n) is 11.6. The van der Waals surface area contributed by atoms with Crippen LogP contribution in [0.1, 0.15) is 48.2 Å². The van der Waals surface area contributed by atoms with E-state index in [-0.39, 0.29) is 6.09 Å². The molecule has 7 heteroatoms. The largest absolute Gasteiger partial charge is 0.445 e. The van der Waals surface area contributed by atoms with Gasteiger partial charge in [-0.3, -0.25) is 4.57 Å². The maximum Gasteiger partial charge on any atom is 0.410 e. The number of carbonyl (C=O) groups excluding carboxylic acids is 1. The number of rotatable bonds is 5. The molecule has 2 aromatic heterocycles. The fourth-order valence-electron chi connectivity index (χ4n) is 4.59. The third kappa shape index (κ3) is 4.82. The fraction of sp³-hybridized carbons (Fsp3) is 0.440. The number of hydrogen-bond donors (Lipinski definition) is 0. The zero-order valence-corrected chi connectivity index (χ0v) is 18.3. The number of likely N-dealkylation sites (tertiary alicyclic amines) is 1. The molecule has 0 radical (unpaired) electrons. The van der Waals surface area contributed by atoms with Gasteiger partial charge < -0.3 is 9.64 Å². The van der Waals surface area contributed by atoms with Crippen LogP contribution in [-0.2, 0) is 30.6 Å². The molecule has 166 valence electrons. The van der Waals surface area contributed by atoms with E-state index in [1.807, 2.05) is 58.5 Å². The highest BCUT2D eigenvalue weighted by Gasteiger charge is 2.24. The van der Waals surface area contributed by atoms with Crippen LogP contribution in [0.25, 0.3) is 5.95 Å². The number of aromatic nitrogens is 4. The predicted molar refractivity (Wildman–Crippen MR) is 120 cm³/mol. The van der Waals surface area contributed by atoms with E-state index in [2.05, 4.69) is 9.97 Å². The number of aryl methyl sites for hydroxylation is 2. The Kier molecular flexibility index (Phi) is 6.14. The first kappa shape index (κ1) is 20.7. The molecule has 5 rings (SSSR count). The van der Waals surface area contributed by atoms with Crippen LogP contribution in [0.3, 0.4) is 0 Å². The molecule has 0 bridgehead atoms. The summed E-state index contributed by atoms with van der Waals surface area (Å²) in [6, 6.07) is 9.79. The summed E-state index contributed by atoms with van der Waals surface area (Å²) in [5.74, 6) is 1.22. The van der Waals surface area contributed by atoms with E-state index >= 15 is 0 Å². The molecule has 1 amide bonds. The zero-order valence-electron chi connectivity index (χ0n) is 18.3. The molecule has 0 atom stereocenters. The van der Waals surface area contributed by atoms with Gasteiger partial charge in [-0.25, -0.2) is 19.7 Å². The molecule has 1 aliphatic heterocycles. The number of ether oxygens (including phenoxy) is 1. The van der Waals surface area contributed by atoms with Gasteiger partial charge >= 0.3 is 6.09 Å². The second-order valence-electron chi connectivity index (χ2n) is 8.80. The van der Waals surface area contributed by atoms with Crippen LogP contribution in [0.2, 0.25) is 0 Å². The van der Waals surface area contributed by atoms with Crippen molar-refractivity contribution in [2.45, 2.75) is 51.6 Å². The molecular weight excluding hydrogens is 402 g/mol. The van der Waals surface area contributed by atoms with Gasteiger partial charge in [0.15, 0.2) is 0 Å². The van der Waals surface area contributed by atoms with Crippen LogP contribution >= 0.6 is 0 Å². The minimum absolute atomic E-state index is 0.221. The average Bonchev–Trinajstić information content (AvgIpc) is 3.32. The van der Waals surface area contributed by atoms with Gasteiger partial charge in [0.2, 0.25) is 5.95 Å². The fourth-order valence-corrected chi connectivity index (χ4v) is 4.59. The Morgan fingerprint density at radius 1 is 1.06 bits per heavy atom. The predicted octanol–water partition coefficient (Wildman–Crippen LogP) is 4.13. The molecule has 1 saturated heterocycles. The summed E-state index contributed by atoms with van der Waals surface area (Å²) in [7, 11) is 0. The highest BCUT2D eigenvalue weighted by Crippen LogP contribution is 2.23. The Hall–Kier alpha value is -3.22. The summed E-state index contributed by atoms with van der Waals surface area (Å²) < 4.78 is 7.40. The molecule has 0 unspecified atom stereocenters. The molecule has 7 nitrogen and oxygen atoms in total. The quantitative estimate of drug-likeness (QED) is 0.607. The van der Waals surface area contributed by atoms with Crippen LogP contribution in [0.15, 0.2) is 49.1 Å². The number of imidazole rings is 1. The molecule has 1 aliphatic carbocycles. The summed E-state index contributed by atoms with van der Waals surface area (Å²) in [4.78, 5) is 28.1. The van der Waals surface area contributed by atoms with Gasteiger partial charge in [0, 0.05) is 31.2 Å². The lowest BCUT2D eigenvalue weighted by Crippen LogP contribution is -2.39. The van der Waals surface area contributed by atoms with Crippen LogP contribution in [0.4, 0.5) is 4.79 Å². The van der Waals surface area contributed by atoms with E-state index in [1.54, 1.807) is 0 Å². The van der Waals surface area contributed by atoms with E-state index in [4.69, 9.17) is 9.72 Å². The minimum atomic E-state index is -0.221. The Morgan fingerprint density at radius 3 is 2.72 bits per heavy atom. The van der Waals surface area contributed by atoms with Crippen molar-refractivity contribution in [1.29, 1.82) is 0 Å². The zero-order chi connectivity index (χ0) is 21.8. The Bertz CT molecular complexity index is 1060. The summed E-state index contributed by atoms with van der Waals surface area (Å²) in [5, 5.41) is 0. The number of carbonyl (C=O) groups is 1. The van der Waals surface area contributed by atoms with Gasteiger partial charge in [-0.2, -0.15) is 0 Å². The van der Waals surface area contributed by atoms with Gasteiger partial charge in [-0.05, 0) is 62.0 Å². The monoisotopic (exact) mass is 431 g/mol. The summed E-state index contributed by atoms with van der Waals surface area (Å²) >= 11 is 0. The van der Waals surface area contributed by atoms with Gasteiger partial charge in [0.05, 0.1) is 5.69 Å². The number of benzene rings is 1. The van der Waals surface area contributed by atoms with E-state index in [1.165, 1.54) is 24.1 Å². The van der Waals surface area contributed by atoms with E-state index < -0.39 is 0 Å². The van der Waals surface area contributed by atoms with Crippen molar-refractivity contribution in [2.24, 2.45) is 5.92 Å². The van der Waals surface area contributed by atoms with E-state index in [0.29, 0.717) is 18.5 Å². The lowest BCUT2D eigenvalue weighted by atomic mass is 9.92. The lowest BCUT2D eigenvalue weighted by molar-refractivity contribution is 0.0822. The first-order chi connectivity index (χ1) is 15.7.